The van der Waals surface area contributed by atoms with E-state index in [1.54, 1.807) is 14.2 Å². The van der Waals surface area contributed by atoms with E-state index < -0.39 is 0 Å². The lowest BCUT2D eigenvalue weighted by atomic mass is 10.0. The van der Waals surface area contributed by atoms with Gasteiger partial charge in [0.15, 0.2) is 0 Å². The van der Waals surface area contributed by atoms with Crippen LogP contribution in [0.2, 0.25) is 0 Å². The topological polar surface area (TPSA) is 30.8 Å². The lowest BCUT2D eigenvalue weighted by molar-refractivity contribution is 0.213. The zero-order valence-electron chi connectivity index (χ0n) is 11.5. The van der Waals surface area contributed by atoms with E-state index in [1.165, 1.54) is 5.56 Å². The number of hydrogen-bond acceptors (Lipinski definition) is 3. The molecule has 0 N–H and O–H groups in total. The van der Waals surface area contributed by atoms with Gasteiger partial charge in [0.1, 0.15) is 12.9 Å². The molecule has 0 bridgehead atoms. The fourth-order valence-corrected chi connectivity index (χ4v) is 2.14. The van der Waals surface area contributed by atoms with Gasteiger partial charge in [-0.1, -0.05) is 33.2 Å². The van der Waals surface area contributed by atoms with Gasteiger partial charge in [0.05, 0.1) is 12.8 Å². The van der Waals surface area contributed by atoms with Gasteiger partial charge in [-0.3, -0.25) is 0 Å². The Kier molecular flexibility index (Phi) is 5.18. The van der Waals surface area contributed by atoms with Crippen molar-refractivity contribution in [3.63, 3.8) is 0 Å². The van der Waals surface area contributed by atoms with Crippen LogP contribution in [0.25, 0.3) is 0 Å². The molecule has 0 heterocycles. The maximum absolute atomic E-state index is 5.16. The third kappa shape index (κ3) is 3.84. The molecule has 0 saturated carbocycles. The molecule has 3 nitrogen and oxygen atoms in total. The fraction of sp³-hybridized carbons (Fsp3) is 0.188. The average molecular weight is 334 g/mol. The summed E-state index contributed by atoms with van der Waals surface area (Å²) in [5, 5.41) is 4.13. The van der Waals surface area contributed by atoms with Gasteiger partial charge in [-0.15, -0.1) is 0 Å². The van der Waals surface area contributed by atoms with Crippen molar-refractivity contribution >= 4 is 21.6 Å². The molecule has 0 aliphatic carbocycles. The first-order chi connectivity index (χ1) is 9.72. The molecule has 2 aromatic carbocycles. The Bertz CT molecular complexity index is 576. The van der Waals surface area contributed by atoms with E-state index in [0.29, 0.717) is 6.42 Å². The van der Waals surface area contributed by atoms with Crippen molar-refractivity contribution in [2.75, 3.05) is 14.2 Å². The smallest absolute Gasteiger partial charge is 0.118 e. The van der Waals surface area contributed by atoms with Crippen molar-refractivity contribution in [1.82, 2.24) is 0 Å². The minimum absolute atomic E-state index is 0.716. The zero-order chi connectivity index (χ0) is 14.4. The number of rotatable bonds is 5. The SMILES string of the molecule is CO/N=C(\Cc1ccc(Br)cc1)c1ccc(OC)cc1. The molecule has 0 unspecified atom stereocenters. The zero-order valence-corrected chi connectivity index (χ0v) is 13.1. The number of methoxy groups -OCH3 is 1. The van der Waals surface area contributed by atoms with Crippen molar-refractivity contribution < 1.29 is 9.57 Å². The number of ether oxygens (including phenoxy) is 1. The molecule has 0 amide bonds. The highest BCUT2D eigenvalue weighted by atomic mass is 79.9. The number of oxime groups is 1. The summed E-state index contributed by atoms with van der Waals surface area (Å²) in [6.45, 7) is 0. The Balaban J connectivity index is 2.22. The molecule has 0 spiro atoms. The fourth-order valence-electron chi connectivity index (χ4n) is 1.88. The van der Waals surface area contributed by atoms with Crippen LogP contribution in [0.15, 0.2) is 58.2 Å². The van der Waals surface area contributed by atoms with Gasteiger partial charge in [-0.2, -0.15) is 0 Å². The van der Waals surface area contributed by atoms with Crippen molar-refractivity contribution in [2.45, 2.75) is 6.42 Å². The Hall–Kier alpha value is -1.81. The molecule has 0 aromatic heterocycles. The second-order valence-corrected chi connectivity index (χ2v) is 5.17. The van der Waals surface area contributed by atoms with Crippen LogP contribution in [0.3, 0.4) is 0 Å². The average Bonchev–Trinajstić information content (AvgIpc) is 2.49. The van der Waals surface area contributed by atoms with Gasteiger partial charge >= 0.3 is 0 Å². The molecule has 0 aliphatic heterocycles. The lowest BCUT2D eigenvalue weighted by Crippen LogP contribution is -2.06. The molecular formula is C16H16BrNO2. The van der Waals surface area contributed by atoms with E-state index in [-0.39, 0.29) is 0 Å². The van der Waals surface area contributed by atoms with Gasteiger partial charge in [-0.25, -0.2) is 0 Å². The van der Waals surface area contributed by atoms with Crippen molar-refractivity contribution in [3.05, 3.63) is 64.1 Å². The first kappa shape index (κ1) is 14.6. The first-order valence-corrected chi connectivity index (χ1v) is 7.01. The van der Waals surface area contributed by atoms with Crippen molar-refractivity contribution in [1.29, 1.82) is 0 Å². The highest BCUT2D eigenvalue weighted by molar-refractivity contribution is 9.10. The summed E-state index contributed by atoms with van der Waals surface area (Å²) in [6.07, 6.45) is 0.716. The van der Waals surface area contributed by atoms with Gasteiger partial charge < -0.3 is 9.57 Å². The summed E-state index contributed by atoms with van der Waals surface area (Å²) in [4.78, 5) is 4.96. The summed E-state index contributed by atoms with van der Waals surface area (Å²) in [5.41, 5.74) is 3.09. The second kappa shape index (κ2) is 7.10. The van der Waals surface area contributed by atoms with Crippen molar-refractivity contribution in [2.24, 2.45) is 5.16 Å². The van der Waals surface area contributed by atoms with E-state index in [1.807, 2.05) is 36.4 Å². The molecule has 0 saturated heterocycles. The first-order valence-electron chi connectivity index (χ1n) is 6.22. The Labute approximate surface area is 127 Å². The quantitative estimate of drug-likeness (QED) is 0.610. The molecule has 0 radical (unpaired) electrons. The van der Waals surface area contributed by atoms with Crippen LogP contribution < -0.4 is 4.74 Å². The Morgan fingerprint density at radius 2 is 1.65 bits per heavy atom. The van der Waals surface area contributed by atoms with E-state index in [2.05, 4.69) is 33.2 Å². The molecule has 20 heavy (non-hydrogen) atoms. The van der Waals surface area contributed by atoms with Crippen LogP contribution in [0.1, 0.15) is 11.1 Å². The van der Waals surface area contributed by atoms with Gasteiger partial charge in [0.25, 0.3) is 0 Å². The van der Waals surface area contributed by atoms with Crippen LogP contribution in [0.5, 0.6) is 5.75 Å². The predicted molar refractivity (Wildman–Crippen MR) is 84.4 cm³/mol. The van der Waals surface area contributed by atoms with Gasteiger partial charge in [-0.05, 0) is 47.5 Å². The lowest BCUT2D eigenvalue weighted by Gasteiger charge is -2.07. The Morgan fingerprint density at radius 3 is 2.20 bits per heavy atom. The molecule has 2 aromatic rings. The third-order valence-electron chi connectivity index (χ3n) is 2.91. The standard InChI is InChI=1S/C16H16BrNO2/c1-19-15-9-5-13(6-10-15)16(18-20-2)11-12-3-7-14(17)8-4-12/h3-10H,11H2,1-2H3/b18-16+. The van der Waals surface area contributed by atoms with Gasteiger partial charge in [0.2, 0.25) is 0 Å². The monoisotopic (exact) mass is 333 g/mol. The van der Waals surface area contributed by atoms with Gasteiger partial charge in [0, 0.05) is 10.9 Å². The number of nitrogens with zero attached hydrogens (tertiary/aromatic N) is 1. The van der Waals surface area contributed by atoms with Crippen LogP contribution in [0.4, 0.5) is 0 Å². The van der Waals surface area contributed by atoms with Crippen LogP contribution in [-0.2, 0) is 11.3 Å². The van der Waals surface area contributed by atoms with Crippen molar-refractivity contribution in [3.8, 4) is 5.75 Å². The van der Waals surface area contributed by atoms with E-state index in [4.69, 9.17) is 9.57 Å². The molecule has 4 heteroatoms. The molecule has 2 rings (SSSR count). The highest BCUT2D eigenvalue weighted by Gasteiger charge is 2.07. The van der Waals surface area contributed by atoms with E-state index in [0.717, 1.165) is 21.5 Å². The summed E-state index contributed by atoms with van der Waals surface area (Å²) in [6, 6.07) is 16.0. The van der Waals surface area contributed by atoms with Crippen LogP contribution >= 0.6 is 15.9 Å². The minimum atomic E-state index is 0.716. The molecule has 0 aliphatic rings. The summed E-state index contributed by atoms with van der Waals surface area (Å²) in [7, 11) is 3.21. The number of halogens is 1. The predicted octanol–water partition coefficient (Wildman–Crippen LogP) is 4.05. The van der Waals surface area contributed by atoms with Crippen LogP contribution in [-0.4, -0.2) is 19.9 Å². The maximum Gasteiger partial charge on any atom is 0.118 e. The largest absolute Gasteiger partial charge is 0.497 e. The van der Waals surface area contributed by atoms with Crippen LogP contribution in [0, 0.1) is 0 Å². The molecule has 104 valence electrons. The minimum Gasteiger partial charge on any atom is -0.497 e. The maximum atomic E-state index is 5.16. The molecular weight excluding hydrogens is 318 g/mol. The summed E-state index contributed by atoms with van der Waals surface area (Å²) in [5.74, 6) is 0.828. The summed E-state index contributed by atoms with van der Waals surface area (Å²) >= 11 is 3.43. The molecule has 0 atom stereocenters. The number of benzene rings is 2. The highest BCUT2D eigenvalue weighted by Crippen LogP contribution is 2.16. The Morgan fingerprint density at radius 1 is 1.00 bits per heavy atom. The molecule has 0 fully saturated rings. The number of hydrogen-bond donors (Lipinski definition) is 0. The van der Waals surface area contributed by atoms with E-state index >= 15 is 0 Å². The normalized spacial score (nSPS) is 11.2. The second-order valence-electron chi connectivity index (χ2n) is 4.25. The van der Waals surface area contributed by atoms with E-state index in [9.17, 15) is 0 Å². The summed E-state index contributed by atoms with van der Waals surface area (Å²) < 4.78 is 6.23. The third-order valence-corrected chi connectivity index (χ3v) is 3.44.